The van der Waals surface area contributed by atoms with E-state index >= 15 is 0 Å². The normalized spacial score (nSPS) is 20.1. The van der Waals surface area contributed by atoms with E-state index in [0.717, 1.165) is 37.7 Å². The zero-order valence-electron chi connectivity index (χ0n) is 15.9. The van der Waals surface area contributed by atoms with Gasteiger partial charge in [0, 0.05) is 12.0 Å². The van der Waals surface area contributed by atoms with E-state index < -0.39 is 29.9 Å². The van der Waals surface area contributed by atoms with E-state index in [0.29, 0.717) is 11.4 Å². The van der Waals surface area contributed by atoms with Crippen molar-refractivity contribution in [3.05, 3.63) is 35.4 Å². The Morgan fingerprint density at radius 1 is 1.15 bits per heavy atom. The van der Waals surface area contributed by atoms with Gasteiger partial charge >= 0.3 is 6.18 Å². The molecule has 1 N–H and O–H groups in total. The molecule has 1 aliphatic rings. The predicted octanol–water partition coefficient (Wildman–Crippen LogP) is 4.91. The lowest BCUT2D eigenvalue weighted by molar-refractivity contribution is -0.158. The molecule has 0 fully saturated rings. The first kappa shape index (κ1) is 21.4. The number of carbonyl (C=O) groups is 1. The molecule has 1 aromatic rings. The van der Waals surface area contributed by atoms with Gasteiger partial charge in [-0.25, -0.2) is 0 Å². The molecule has 150 valence electrons. The number of hydrazone groups is 1. The topological polar surface area (TPSA) is 52.9 Å². The molecule has 1 aliphatic heterocycles. The van der Waals surface area contributed by atoms with Crippen LogP contribution in [0.15, 0.2) is 29.4 Å². The Morgan fingerprint density at radius 3 is 2.33 bits per heavy atom. The Morgan fingerprint density at radius 2 is 1.78 bits per heavy atom. The zero-order valence-corrected chi connectivity index (χ0v) is 15.9. The number of nitrogens with zero attached hydrogens (tertiary/aromatic N) is 2. The van der Waals surface area contributed by atoms with Gasteiger partial charge in [0.15, 0.2) is 5.72 Å². The van der Waals surface area contributed by atoms with Gasteiger partial charge in [-0.1, -0.05) is 63.8 Å². The lowest BCUT2D eigenvalue weighted by Gasteiger charge is -2.31. The van der Waals surface area contributed by atoms with Crippen molar-refractivity contribution in [2.45, 2.75) is 77.1 Å². The minimum Gasteiger partial charge on any atom is -0.365 e. The van der Waals surface area contributed by atoms with Gasteiger partial charge < -0.3 is 5.11 Å². The van der Waals surface area contributed by atoms with Crippen LogP contribution in [-0.4, -0.2) is 27.9 Å². The van der Waals surface area contributed by atoms with Crippen LogP contribution in [0, 0.1) is 0 Å². The minimum atomic E-state index is -4.69. The molecular formula is C20H27F3N2O2. The van der Waals surface area contributed by atoms with E-state index in [1.54, 1.807) is 24.3 Å². The van der Waals surface area contributed by atoms with Crippen LogP contribution in [0.3, 0.4) is 0 Å². The Hall–Kier alpha value is -1.89. The second-order valence-corrected chi connectivity index (χ2v) is 6.96. The van der Waals surface area contributed by atoms with Crippen molar-refractivity contribution in [3.63, 3.8) is 0 Å². The highest BCUT2D eigenvalue weighted by Crippen LogP contribution is 2.40. The Kier molecular flexibility index (Phi) is 7.03. The zero-order chi connectivity index (χ0) is 20.1. The van der Waals surface area contributed by atoms with Crippen LogP contribution in [0.25, 0.3) is 0 Å². The number of hydrogen-bond acceptors (Lipinski definition) is 3. The second kappa shape index (κ2) is 8.87. The number of unbranched alkanes of at least 4 members (excludes halogenated alkanes) is 4. The summed E-state index contributed by atoms with van der Waals surface area (Å²) in [4.78, 5) is 12.6. The van der Waals surface area contributed by atoms with Gasteiger partial charge in [0.2, 0.25) is 5.91 Å². The maximum atomic E-state index is 13.2. The molecule has 1 heterocycles. The molecular weight excluding hydrogens is 357 g/mol. The molecule has 4 nitrogen and oxygen atoms in total. The number of carbonyl (C=O) groups excluding carboxylic acids is 1. The van der Waals surface area contributed by atoms with Crippen LogP contribution in [0.2, 0.25) is 0 Å². The predicted molar refractivity (Wildman–Crippen MR) is 98.0 cm³/mol. The second-order valence-electron chi connectivity index (χ2n) is 6.96. The summed E-state index contributed by atoms with van der Waals surface area (Å²) in [6, 6.07) is 6.61. The molecule has 1 amide bonds. The summed E-state index contributed by atoms with van der Waals surface area (Å²) in [6.45, 7) is 4.03. The standard InChI is InChI=1S/C20H27F3N2O2/c1-3-5-6-7-8-9-18(26)25-19(27,14-17(24-25)20(21,22)23)16-12-10-15(4-2)11-13-16/h10-13,27H,3-9,14H2,1-2H3. The van der Waals surface area contributed by atoms with Crippen molar-refractivity contribution < 1.29 is 23.1 Å². The fourth-order valence-corrected chi connectivity index (χ4v) is 3.18. The minimum absolute atomic E-state index is 0.0632. The molecule has 1 atom stereocenters. The van der Waals surface area contributed by atoms with Crippen LogP contribution in [0.5, 0.6) is 0 Å². The summed E-state index contributed by atoms with van der Waals surface area (Å²) in [5.41, 5.74) is -2.01. The van der Waals surface area contributed by atoms with Crippen LogP contribution in [0.4, 0.5) is 13.2 Å². The molecule has 0 spiro atoms. The van der Waals surface area contributed by atoms with Gasteiger partial charge in [0.05, 0.1) is 6.42 Å². The van der Waals surface area contributed by atoms with Crippen LogP contribution in [0.1, 0.15) is 69.9 Å². The first-order valence-corrected chi connectivity index (χ1v) is 9.52. The molecule has 27 heavy (non-hydrogen) atoms. The molecule has 0 bridgehead atoms. The van der Waals surface area contributed by atoms with Crippen molar-refractivity contribution in [2.24, 2.45) is 5.10 Å². The number of aliphatic hydroxyl groups is 1. The van der Waals surface area contributed by atoms with Crippen LogP contribution < -0.4 is 0 Å². The van der Waals surface area contributed by atoms with Gasteiger partial charge in [0.25, 0.3) is 0 Å². The van der Waals surface area contributed by atoms with E-state index in [-0.39, 0.29) is 12.0 Å². The van der Waals surface area contributed by atoms with Gasteiger partial charge in [-0.15, -0.1) is 0 Å². The van der Waals surface area contributed by atoms with E-state index in [4.69, 9.17) is 0 Å². The molecule has 1 unspecified atom stereocenters. The third-order valence-corrected chi connectivity index (χ3v) is 4.87. The SMILES string of the molecule is CCCCCCCC(=O)N1N=C(C(F)(F)F)CC1(O)c1ccc(CC)cc1. The summed E-state index contributed by atoms with van der Waals surface area (Å²) < 4.78 is 39.6. The Balaban J connectivity index is 2.21. The molecule has 0 aliphatic carbocycles. The molecule has 0 saturated heterocycles. The van der Waals surface area contributed by atoms with E-state index in [1.807, 2.05) is 6.92 Å². The van der Waals surface area contributed by atoms with Gasteiger partial charge in [-0.05, 0) is 18.4 Å². The maximum Gasteiger partial charge on any atom is 0.431 e. The number of aryl methyl sites for hydroxylation is 1. The van der Waals surface area contributed by atoms with Crippen LogP contribution in [-0.2, 0) is 16.9 Å². The van der Waals surface area contributed by atoms with Crippen molar-refractivity contribution >= 4 is 11.6 Å². The first-order chi connectivity index (χ1) is 12.7. The van der Waals surface area contributed by atoms with E-state index in [1.165, 1.54) is 0 Å². The smallest absolute Gasteiger partial charge is 0.365 e. The van der Waals surface area contributed by atoms with E-state index in [9.17, 15) is 23.1 Å². The Bertz CT molecular complexity index is 671. The summed E-state index contributed by atoms with van der Waals surface area (Å²) >= 11 is 0. The molecule has 1 aromatic carbocycles. The number of alkyl halides is 3. The van der Waals surface area contributed by atoms with Crippen LogP contribution >= 0.6 is 0 Å². The number of amides is 1. The maximum absolute atomic E-state index is 13.2. The van der Waals surface area contributed by atoms with Crippen molar-refractivity contribution in [3.8, 4) is 0 Å². The third-order valence-electron chi connectivity index (χ3n) is 4.87. The number of rotatable bonds is 8. The summed E-state index contributed by atoms with van der Waals surface area (Å²) in [6.07, 6.45) is -0.128. The highest BCUT2D eigenvalue weighted by atomic mass is 19.4. The quantitative estimate of drug-likeness (QED) is 0.648. The fourth-order valence-electron chi connectivity index (χ4n) is 3.18. The average Bonchev–Trinajstić information content (AvgIpc) is 3.01. The van der Waals surface area contributed by atoms with Crippen molar-refractivity contribution in [1.82, 2.24) is 5.01 Å². The van der Waals surface area contributed by atoms with Crippen molar-refractivity contribution in [2.75, 3.05) is 0 Å². The fraction of sp³-hybridized carbons (Fsp3) is 0.600. The number of hydrogen-bond donors (Lipinski definition) is 1. The molecule has 2 rings (SSSR count). The van der Waals surface area contributed by atoms with Gasteiger partial charge in [-0.3, -0.25) is 4.79 Å². The molecule has 0 radical (unpaired) electrons. The number of halogens is 3. The average molecular weight is 384 g/mol. The highest BCUT2D eigenvalue weighted by molar-refractivity contribution is 5.94. The molecule has 7 heteroatoms. The lowest BCUT2D eigenvalue weighted by Crippen LogP contribution is -2.43. The van der Waals surface area contributed by atoms with E-state index in [2.05, 4.69) is 12.0 Å². The van der Waals surface area contributed by atoms with Gasteiger partial charge in [0.1, 0.15) is 5.71 Å². The summed E-state index contributed by atoms with van der Waals surface area (Å²) in [5.74, 6) is -0.590. The van der Waals surface area contributed by atoms with Crippen molar-refractivity contribution in [1.29, 1.82) is 0 Å². The largest absolute Gasteiger partial charge is 0.431 e. The summed E-state index contributed by atoms with van der Waals surface area (Å²) in [7, 11) is 0. The number of benzene rings is 1. The van der Waals surface area contributed by atoms with Gasteiger partial charge in [-0.2, -0.15) is 23.3 Å². The first-order valence-electron chi connectivity index (χ1n) is 9.52. The Labute approximate surface area is 158 Å². The molecule has 0 saturated carbocycles. The lowest BCUT2D eigenvalue weighted by atomic mass is 9.95. The highest BCUT2D eigenvalue weighted by Gasteiger charge is 2.52. The molecule has 0 aromatic heterocycles. The summed E-state index contributed by atoms with van der Waals surface area (Å²) in [5, 5.41) is 15.1. The monoisotopic (exact) mass is 384 g/mol. The third kappa shape index (κ3) is 5.09.